The molecule has 1 aliphatic heterocycles. The van der Waals surface area contributed by atoms with E-state index in [1.807, 2.05) is 25.1 Å². The Morgan fingerprint density at radius 3 is 2.90 bits per heavy atom. The van der Waals surface area contributed by atoms with Gasteiger partial charge in [0.25, 0.3) is 5.91 Å². The number of anilines is 1. The summed E-state index contributed by atoms with van der Waals surface area (Å²) in [6, 6.07) is 5.67. The third-order valence-corrected chi connectivity index (χ3v) is 3.66. The second-order valence-corrected chi connectivity index (χ2v) is 5.94. The van der Waals surface area contributed by atoms with Crippen LogP contribution in [0.2, 0.25) is 0 Å². The van der Waals surface area contributed by atoms with E-state index in [1.165, 1.54) is 0 Å². The molecule has 0 aromatic heterocycles. The zero-order valence-electron chi connectivity index (χ0n) is 12.5. The SMILES string of the molecule is CC(NCC(C)(C)C(N)=O)c1ccc2c(c1)OCC(=O)N2. The molecule has 1 atom stereocenters. The standard InChI is InChI=1S/C15H21N3O3/c1-9(17-8-15(2,3)14(16)20)10-4-5-11-12(6-10)21-7-13(19)18-11/h4-6,9,17H,7-8H2,1-3H3,(H2,16,20)(H,18,19). The largest absolute Gasteiger partial charge is 0.482 e. The first-order chi connectivity index (χ1) is 9.79. The molecule has 0 spiro atoms. The van der Waals surface area contributed by atoms with Gasteiger partial charge in [-0.1, -0.05) is 6.07 Å². The number of fused-ring (bicyclic) bond motifs is 1. The smallest absolute Gasteiger partial charge is 0.262 e. The number of nitrogens with two attached hydrogens (primary N) is 1. The molecule has 2 rings (SSSR count). The maximum atomic E-state index is 11.3. The van der Waals surface area contributed by atoms with Crippen LogP contribution >= 0.6 is 0 Å². The predicted molar refractivity (Wildman–Crippen MR) is 80.0 cm³/mol. The number of hydrogen-bond donors (Lipinski definition) is 3. The number of carbonyl (C=O) groups is 2. The number of nitrogens with one attached hydrogen (secondary N) is 2. The molecule has 1 aromatic rings. The molecule has 1 heterocycles. The number of hydrogen-bond acceptors (Lipinski definition) is 4. The molecule has 0 fully saturated rings. The predicted octanol–water partition coefficient (Wildman–Crippen LogP) is 1.18. The molecule has 6 heteroatoms. The Morgan fingerprint density at radius 1 is 1.52 bits per heavy atom. The second kappa shape index (κ2) is 5.73. The molecule has 1 aliphatic rings. The summed E-state index contributed by atoms with van der Waals surface area (Å²) in [6.07, 6.45) is 0. The Balaban J connectivity index is 2.05. The maximum Gasteiger partial charge on any atom is 0.262 e. The fraction of sp³-hybridized carbons (Fsp3) is 0.467. The molecule has 4 N–H and O–H groups in total. The topological polar surface area (TPSA) is 93.4 Å². The lowest BCUT2D eigenvalue weighted by Gasteiger charge is -2.25. The maximum absolute atomic E-state index is 11.3. The monoisotopic (exact) mass is 291 g/mol. The third-order valence-electron chi connectivity index (χ3n) is 3.66. The number of carbonyl (C=O) groups excluding carboxylic acids is 2. The Hall–Kier alpha value is -2.08. The van der Waals surface area contributed by atoms with Crippen molar-refractivity contribution in [2.24, 2.45) is 11.1 Å². The van der Waals surface area contributed by atoms with E-state index in [0.29, 0.717) is 18.0 Å². The van der Waals surface area contributed by atoms with Crippen LogP contribution < -0.4 is 21.1 Å². The van der Waals surface area contributed by atoms with Crippen molar-refractivity contribution in [2.45, 2.75) is 26.8 Å². The van der Waals surface area contributed by atoms with Gasteiger partial charge < -0.3 is 21.1 Å². The van der Waals surface area contributed by atoms with Gasteiger partial charge in [-0.15, -0.1) is 0 Å². The summed E-state index contributed by atoms with van der Waals surface area (Å²) < 4.78 is 5.40. The average molecular weight is 291 g/mol. The minimum absolute atomic E-state index is 0.0347. The highest BCUT2D eigenvalue weighted by atomic mass is 16.5. The van der Waals surface area contributed by atoms with Crippen LogP contribution in [0.15, 0.2) is 18.2 Å². The molecule has 0 saturated heterocycles. The zero-order chi connectivity index (χ0) is 15.6. The molecule has 21 heavy (non-hydrogen) atoms. The number of rotatable bonds is 5. The van der Waals surface area contributed by atoms with Crippen molar-refractivity contribution in [3.63, 3.8) is 0 Å². The van der Waals surface area contributed by atoms with Gasteiger partial charge in [0.1, 0.15) is 5.75 Å². The molecule has 1 unspecified atom stereocenters. The molecule has 0 radical (unpaired) electrons. The summed E-state index contributed by atoms with van der Waals surface area (Å²) in [7, 11) is 0. The molecular formula is C15H21N3O3. The first-order valence-corrected chi connectivity index (χ1v) is 6.89. The van der Waals surface area contributed by atoms with Gasteiger partial charge >= 0.3 is 0 Å². The first-order valence-electron chi connectivity index (χ1n) is 6.89. The highest BCUT2D eigenvalue weighted by Gasteiger charge is 2.25. The van der Waals surface area contributed by atoms with Crippen LogP contribution in [-0.4, -0.2) is 25.0 Å². The van der Waals surface area contributed by atoms with Crippen LogP contribution in [0.4, 0.5) is 5.69 Å². The van der Waals surface area contributed by atoms with Gasteiger partial charge in [0.15, 0.2) is 6.61 Å². The number of ether oxygens (including phenoxy) is 1. The minimum Gasteiger partial charge on any atom is -0.482 e. The van der Waals surface area contributed by atoms with Crippen LogP contribution in [-0.2, 0) is 9.59 Å². The molecule has 0 saturated carbocycles. The second-order valence-electron chi connectivity index (χ2n) is 5.94. The average Bonchev–Trinajstić information content (AvgIpc) is 2.44. The normalized spacial score (nSPS) is 15.7. The van der Waals surface area contributed by atoms with Crippen molar-refractivity contribution in [1.82, 2.24) is 5.32 Å². The summed E-state index contributed by atoms with van der Waals surface area (Å²) in [4.78, 5) is 22.5. The third kappa shape index (κ3) is 3.52. The van der Waals surface area contributed by atoms with Gasteiger partial charge in [0.2, 0.25) is 5.91 Å². The van der Waals surface area contributed by atoms with Crippen molar-refractivity contribution >= 4 is 17.5 Å². The van der Waals surface area contributed by atoms with Gasteiger partial charge in [-0.3, -0.25) is 9.59 Å². The van der Waals surface area contributed by atoms with Crippen molar-refractivity contribution < 1.29 is 14.3 Å². The van der Waals surface area contributed by atoms with E-state index in [2.05, 4.69) is 10.6 Å². The highest BCUT2D eigenvalue weighted by Crippen LogP contribution is 2.30. The van der Waals surface area contributed by atoms with Crippen LogP contribution in [0, 0.1) is 5.41 Å². The van der Waals surface area contributed by atoms with E-state index in [0.717, 1.165) is 5.56 Å². The van der Waals surface area contributed by atoms with Crippen molar-refractivity contribution in [2.75, 3.05) is 18.5 Å². The number of amides is 2. The van der Waals surface area contributed by atoms with Gasteiger partial charge in [0, 0.05) is 12.6 Å². The van der Waals surface area contributed by atoms with E-state index in [1.54, 1.807) is 13.8 Å². The first kappa shape index (κ1) is 15.3. The molecule has 2 amide bonds. The highest BCUT2D eigenvalue weighted by molar-refractivity contribution is 5.95. The summed E-state index contributed by atoms with van der Waals surface area (Å²) in [5.74, 6) is 0.179. The van der Waals surface area contributed by atoms with E-state index >= 15 is 0 Å². The van der Waals surface area contributed by atoms with E-state index in [4.69, 9.17) is 10.5 Å². The van der Waals surface area contributed by atoms with Crippen molar-refractivity contribution in [3.05, 3.63) is 23.8 Å². The van der Waals surface area contributed by atoms with E-state index in [9.17, 15) is 9.59 Å². The van der Waals surface area contributed by atoms with E-state index < -0.39 is 5.41 Å². The molecule has 1 aromatic carbocycles. The molecule has 114 valence electrons. The Bertz CT molecular complexity index is 569. The number of primary amides is 1. The summed E-state index contributed by atoms with van der Waals surface area (Å²) in [5, 5.41) is 6.04. The Labute approximate surface area is 124 Å². The quantitative estimate of drug-likeness (QED) is 0.759. The lowest BCUT2D eigenvalue weighted by atomic mass is 9.92. The van der Waals surface area contributed by atoms with Crippen LogP contribution in [0.25, 0.3) is 0 Å². The van der Waals surface area contributed by atoms with Gasteiger partial charge in [-0.05, 0) is 38.5 Å². The van der Waals surface area contributed by atoms with E-state index in [-0.39, 0.29) is 24.5 Å². The molecular weight excluding hydrogens is 270 g/mol. The fourth-order valence-corrected chi connectivity index (χ4v) is 1.97. The molecule has 0 bridgehead atoms. The Morgan fingerprint density at radius 2 is 2.24 bits per heavy atom. The van der Waals surface area contributed by atoms with Crippen LogP contribution in [0.1, 0.15) is 32.4 Å². The lowest BCUT2D eigenvalue weighted by molar-refractivity contribution is -0.125. The minimum atomic E-state index is -0.604. The Kier molecular flexibility index (Phi) is 4.18. The number of benzene rings is 1. The van der Waals surface area contributed by atoms with Crippen LogP contribution in [0.5, 0.6) is 5.75 Å². The summed E-state index contributed by atoms with van der Waals surface area (Å²) in [5.41, 5.74) is 6.45. The van der Waals surface area contributed by atoms with Gasteiger partial charge in [0.05, 0.1) is 11.1 Å². The van der Waals surface area contributed by atoms with Gasteiger partial charge in [-0.25, -0.2) is 0 Å². The van der Waals surface area contributed by atoms with Crippen LogP contribution in [0.3, 0.4) is 0 Å². The summed E-state index contributed by atoms with van der Waals surface area (Å²) in [6.45, 7) is 6.13. The van der Waals surface area contributed by atoms with Crippen molar-refractivity contribution in [1.29, 1.82) is 0 Å². The molecule has 6 nitrogen and oxygen atoms in total. The lowest BCUT2D eigenvalue weighted by Crippen LogP contribution is -2.41. The zero-order valence-corrected chi connectivity index (χ0v) is 12.5. The van der Waals surface area contributed by atoms with Gasteiger partial charge in [-0.2, -0.15) is 0 Å². The fourth-order valence-electron chi connectivity index (χ4n) is 1.97. The molecule has 0 aliphatic carbocycles. The van der Waals surface area contributed by atoms with Crippen molar-refractivity contribution in [3.8, 4) is 5.75 Å². The summed E-state index contributed by atoms with van der Waals surface area (Å²) >= 11 is 0.